The van der Waals surface area contributed by atoms with E-state index in [9.17, 15) is 24.9 Å². The Labute approximate surface area is 185 Å². The molecule has 168 valence electrons. The summed E-state index contributed by atoms with van der Waals surface area (Å²) < 4.78 is 22.3. The fraction of sp³-hybridized carbons (Fsp3) is 0.522. The van der Waals surface area contributed by atoms with Crippen LogP contribution in [0.2, 0.25) is 0 Å². The van der Waals surface area contributed by atoms with Crippen molar-refractivity contribution in [2.45, 2.75) is 45.5 Å². The molecule has 2 aliphatic heterocycles. The number of fused-ring (bicyclic) bond motifs is 2. The molecule has 1 saturated heterocycles. The van der Waals surface area contributed by atoms with Crippen molar-refractivity contribution in [1.82, 2.24) is 0 Å². The largest absolute Gasteiger partial charge is 0.484 e. The molecule has 0 amide bonds. The van der Waals surface area contributed by atoms with E-state index in [1.165, 1.54) is 12.1 Å². The molecular formula is C23H24N2O7. The van der Waals surface area contributed by atoms with Gasteiger partial charge in [-0.1, -0.05) is 26.0 Å². The fourth-order valence-electron chi connectivity index (χ4n) is 4.28. The number of Topliss-reactive ketones (excluding diaryl/α,β-unsaturated/α-hetero) is 1. The average molecular weight is 440 g/mol. The van der Waals surface area contributed by atoms with Gasteiger partial charge in [0.25, 0.3) is 0 Å². The number of nitriles is 2. The number of benzene rings is 1. The van der Waals surface area contributed by atoms with Crippen molar-refractivity contribution >= 4 is 17.7 Å². The second-order valence-electron chi connectivity index (χ2n) is 7.89. The molecule has 2 aliphatic rings. The third-order valence-electron chi connectivity index (χ3n) is 5.96. The Kier molecular flexibility index (Phi) is 6.25. The highest BCUT2D eigenvalue weighted by atomic mass is 16.6. The lowest BCUT2D eigenvalue weighted by atomic mass is 9.68. The fourth-order valence-corrected chi connectivity index (χ4v) is 4.28. The van der Waals surface area contributed by atoms with Gasteiger partial charge in [0.2, 0.25) is 0 Å². The highest BCUT2D eigenvalue weighted by molar-refractivity contribution is 6.09. The molecule has 0 bridgehead atoms. The SMILES string of the molecule is CCOC(=O)C1(C(=O)OCC)OC(C(C#N)(C#N)C(C)C)C2C(=O)c3ccccc3OC21. The van der Waals surface area contributed by atoms with Crippen LogP contribution in [-0.2, 0) is 23.8 Å². The number of ether oxygens (including phenoxy) is 4. The zero-order valence-corrected chi connectivity index (χ0v) is 18.3. The molecule has 1 aromatic carbocycles. The molecule has 1 fully saturated rings. The second kappa shape index (κ2) is 8.60. The van der Waals surface area contributed by atoms with Gasteiger partial charge in [-0.25, -0.2) is 9.59 Å². The first-order valence-corrected chi connectivity index (χ1v) is 10.4. The van der Waals surface area contributed by atoms with Gasteiger partial charge in [-0.2, -0.15) is 10.5 Å². The van der Waals surface area contributed by atoms with E-state index in [4.69, 9.17) is 18.9 Å². The van der Waals surface area contributed by atoms with E-state index in [0.717, 1.165) is 0 Å². The summed E-state index contributed by atoms with van der Waals surface area (Å²) in [6, 6.07) is 10.3. The minimum atomic E-state index is -2.47. The summed E-state index contributed by atoms with van der Waals surface area (Å²) in [5, 5.41) is 20.0. The summed E-state index contributed by atoms with van der Waals surface area (Å²) in [5.74, 6) is -4.43. The minimum Gasteiger partial charge on any atom is -0.484 e. The first kappa shape index (κ1) is 23.2. The number of hydrogen-bond donors (Lipinski definition) is 0. The molecule has 0 saturated carbocycles. The number of carbonyl (C=O) groups excluding carboxylic acids is 3. The Bertz CT molecular complexity index is 988. The molecule has 0 aromatic heterocycles. The number of esters is 2. The van der Waals surface area contributed by atoms with Crippen LogP contribution in [0.25, 0.3) is 0 Å². The molecule has 3 rings (SSSR count). The van der Waals surface area contributed by atoms with Gasteiger partial charge in [0.05, 0.1) is 36.8 Å². The third kappa shape index (κ3) is 3.12. The molecule has 32 heavy (non-hydrogen) atoms. The maximum absolute atomic E-state index is 13.6. The number of para-hydroxylation sites is 1. The first-order chi connectivity index (χ1) is 15.2. The van der Waals surface area contributed by atoms with Crippen molar-refractivity contribution in [3.63, 3.8) is 0 Å². The lowest BCUT2D eigenvalue weighted by Crippen LogP contribution is -2.60. The van der Waals surface area contributed by atoms with Crippen LogP contribution in [0.3, 0.4) is 0 Å². The van der Waals surface area contributed by atoms with Crippen molar-refractivity contribution in [2.75, 3.05) is 13.2 Å². The van der Waals surface area contributed by atoms with E-state index >= 15 is 0 Å². The molecule has 9 heteroatoms. The third-order valence-corrected chi connectivity index (χ3v) is 5.96. The number of carbonyl (C=O) groups is 3. The van der Waals surface area contributed by atoms with Gasteiger partial charge < -0.3 is 18.9 Å². The van der Waals surface area contributed by atoms with Gasteiger partial charge in [0, 0.05) is 0 Å². The molecule has 3 unspecified atom stereocenters. The topological polar surface area (TPSA) is 136 Å². The van der Waals surface area contributed by atoms with Crippen molar-refractivity contribution in [1.29, 1.82) is 10.5 Å². The van der Waals surface area contributed by atoms with Crippen LogP contribution in [0.1, 0.15) is 38.1 Å². The standard InChI is InChI=1S/C23H24N2O7/c1-5-29-20(27)23(21(28)30-6-2)19-16(17(26)14-9-7-8-10-15(14)31-19)18(32-23)22(11-24,12-25)13(3)4/h7-10,13,16,18-19H,5-6H2,1-4H3. The predicted octanol–water partition coefficient (Wildman–Crippen LogP) is 2.20. The summed E-state index contributed by atoms with van der Waals surface area (Å²) in [4.78, 5) is 39.9. The Morgan fingerprint density at radius 1 is 1.12 bits per heavy atom. The van der Waals surface area contributed by atoms with E-state index in [1.54, 1.807) is 39.8 Å². The quantitative estimate of drug-likeness (QED) is 0.481. The Morgan fingerprint density at radius 3 is 2.19 bits per heavy atom. The van der Waals surface area contributed by atoms with Crippen LogP contribution in [0.4, 0.5) is 0 Å². The molecule has 0 aliphatic carbocycles. The number of ketones is 1. The normalized spacial score (nSPS) is 23.2. The van der Waals surface area contributed by atoms with Crippen LogP contribution in [-0.4, -0.2) is 48.7 Å². The maximum atomic E-state index is 13.6. The van der Waals surface area contributed by atoms with Crippen LogP contribution in [0.15, 0.2) is 24.3 Å². The van der Waals surface area contributed by atoms with Gasteiger partial charge in [0.15, 0.2) is 17.3 Å². The summed E-state index contributed by atoms with van der Waals surface area (Å²) in [5.41, 5.74) is -4.12. The molecule has 1 aromatic rings. The first-order valence-electron chi connectivity index (χ1n) is 10.4. The molecule has 0 N–H and O–H groups in total. The Balaban J connectivity index is 2.30. The maximum Gasteiger partial charge on any atom is 0.354 e. The Hall–Kier alpha value is -3.43. The average Bonchev–Trinajstić information content (AvgIpc) is 3.12. The lowest BCUT2D eigenvalue weighted by Gasteiger charge is -2.35. The smallest absolute Gasteiger partial charge is 0.354 e. The molecular weight excluding hydrogens is 416 g/mol. The van der Waals surface area contributed by atoms with Gasteiger partial charge in [-0.3, -0.25) is 4.79 Å². The zero-order valence-electron chi connectivity index (χ0n) is 18.3. The molecule has 0 spiro atoms. The Morgan fingerprint density at radius 2 is 1.69 bits per heavy atom. The summed E-state index contributed by atoms with van der Waals surface area (Å²) in [7, 11) is 0. The highest BCUT2D eigenvalue weighted by Crippen LogP contribution is 2.52. The number of hydrogen-bond acceptors (Lipinski definition) is 9. The van der Waals surface area contributed by atoms with Crippen molar-refractivity contribution in [2.24, 2.45) is 17.3 Å². The van der Waals surface area contributed by atoms with E-state index in [2.05, 4.69) is 0 Å². The van der Waals surface area contributed by atoms with Crippen LogP contribution in [0, 0.1) is 39.9 Å². The van der Waals surface area contributed by atoms with Crippen molar-refractivity contribution in [3.8, 4) is 17.9 Å². The van der Waals surface area contributed by atoms with Gasteiger partial charge >= 0.3 is 17.5 Å². The molecule has 9 nitrogen and oxygen atoms in total. The van der Waals surface area contributed by atoms with E-state index in [1.807, 2.05) is 12.1 Å². The van der Waals surface area contributed by atoms with E-state index in [0.29, 0.717) is 0 Å². The number of rotatable bonds is 6. The summed E-state index contributed by atoms with van der Waals surface area (Å²) >= 11 is 0. The van der Waals surface area contributed by atoms with Crippen molar-refractivity contribution < 1.29 is 33.3 Å². The lowest BCUT2D eigenvalue weighted by molar-refractivity contribution is -0.198. The minimum absolute atomic E-state index is 0.0816. The second-order valence-corrected chi connectivity index (χ2v) is 7.89. The number of nitrogens with zero attached hydrogens (tertiary/aromatic N) is 2. The molecule has 0 radical (unpaired) electrons. The van der Waals surface area contributed by atoms with E-state index < -0.39 is 52.8 Å². The van der Waals surface area contributed by atoms with Crippen molar-refractivity contribution in [3.05, 3.63) is 29.8 Å². The van der Waals surface area contributed by atoms with E-state index in [-0.39, 0.29) is 24.5 Å². The van der Waals surface area contributed by atoms with Crippen LogP contribution in [0.5, 0.6) is 5.75 Å². The van der Waals surface area contributed by atoms with Gasteiger partial charge in [-0.05, 0) is 31.9 Å². The zero-order chi connectivity index (χ0) is 23.7. The highest BCUT2D eigenvalue weighted by Gasteiger charge is 2.74. The molecule has 2 heterocycles. The predicted molar refractivity (Wildman–Crippen MR) is 108 cm³/mol. The van der Waals surface area contributed by atoms with Crippen LogP contribution < -0.4 is 4.74 Å². The summed E-state index contributed by atoms with van der Waals surface area (Å²) in [6.45, 7) is 6.18. The van der Waals surface area contributed by atoms with Gasteiger partial charge in [-0.15, -0.1) is 0 Å². The van der Waals surface area contributed by atoms with Gasteiger partial charge in [0.1, 0.15) is 11.9 Å². The summed E-state index contributed by atoms with van der Waals surface area (Å²) in [6.07, 6.45) is -2.93. The monoisotopic (exact) mass is 440 g/mol. The van der Waals surface area contributed by atoms with Crippen LogP contribution >= 0.6 is 0 Å². The molecule has 3 atom stereocenters.